The lowest BCUT2D eigenvalue weighted by atomic mass is 10.0. The van der Waals surface area contributed by atoms with Crippen LogP contribution in [-0.4, -0.2) is 13.9 Å². The summed E-state index contributed by atoms with van der Waals surface area (Å²) in [5, 5.41) is 2.23. The molecule has 0 aliphatic rings. The molecule has 1 N–H and O–H groups in total. The summed E-state index contributed by atoms with van der Waals surface area (Å²) in [7, 11) is -5.50. The molecule has 0 saturated carbocycles. The zero-order valence-corrected chi connectivity index (χ0v) is 19.6. The maximum Gasteiger partial charge on any atom is 0.516 e. The molecule has 4 aromatic carbocycles. The number of hydrogen-bond donors (Lipinski definition) is 1. The summed E-state index contributed by atoms with van der Waals surface area (Å²) < 4.78 is 68.1. The Morgan fingerprint density at radius 3 is 2.15 bits per heavy atom. The molecule has 0 bridgehead atoms. The zero-order valence-electron chi connectivity index (χ0n) is 17.2. The third-order valence-corrected chi connectivity index (χ3v) is 6.49. The Morgan fingerprint density at radius 2 is 1.50 bits per heavy atom. The van der Waals surface area contributed by atoms with E-state index in [-0.39, 0.29) is 12.3 Å². The standard InChI is InChI=1S/C24H16Cl2F3NO3S/c25-19-10-18(11-20(26)13-19)16-6-4-15(5-7-16)14-33-23-3-1-2-17-12-21(8-9-22(17)23)30-34(31,32)24(27,28)29/h1-13,30H,14H2. The van der Waals surface area contributed by atoms with E-state index in [9.17, 15) is 21.6 Å². The molecule has 0 unspecified atom stereocenters. The maximum absolute atomic E-state index is 12.6. The molecule has 4 nitrogen and oxygen atoms in total. The van der Waals surface area contributed by atoms with Gasteiger partial charge in [-0.1, -0.05) is 59.6 Å². The number of halogens is 5. The van der Waals surface area contributed by atoms with Crippen molar-refractivity contribution in [2.24, 2.45) is 0 Å². The first kappa shape index (κ1) is 24.2. The lowest BCUT2D eigenvalue weighted by Crippen LogP contribution is -2.29. The number of benzene rings is 4. The van der Waals surface area contributed by atoms with Crippen LogP contribution in [0.2, 0.25) is 10.0 Å². The lowest BCUT2D eigenvalue weighted by Gasteiger charge is -2.13. The van der Waals surface area contributed by atoms with Gasteiger partial charge >= 0.3 is 15.5 Å². The summed E-state index contributed by atoms with van der Waals surface area (Å²) in [6.45, 7) is 0.248. The Bertz CT molecular complexity index is 1440. The number of fused-ring (bicyclic) bond motifs is 1. The molecule has 0 radical (unpaired) electrons. The summed E-state index contributed by atoms with van der Waals surface area (Å²) in [6, 6.07) is 22.1. The highest BCUT2D eigenvalue weighted by Gasteiger charge is 2.46. The van der Waals surface area contributed by atoms with Crippen molar-refractivity contribution >= 4 is 49.7 Å². The highest BCUT2D eigenvalue weighted by atomic mass is 35.5. The van der Waals surface area contributed by atoms with Gasteiger partial charge < -0.3 is 4.74 Å². The number of anilines is 1. The molecule has 0 aliphatic heterocycles. The number of sulfonamides is 1. The van der Waals surface area contributed by atoms with E-state index in [0.29, 0.717) is 26.6 Å². The van der Waals surface area contributed by atoms with Gasteiger partial charge in [0.2, 0.25) is 0 Å². The summed E-state index contributed by atoms with van der Waals surface area (Å²) in [4.78, 5) is 0. The number of ether oxygens (including phenoxy) is 1. The topological polar surface area (TPSA) is 55.4 Å². The highest BCUT2D eigenvalue weighted by Crippen LogP contribution is 2.32. The smallest absolute Gasteiger partial charge is 0.488 e. The summed E-state index contributed by atoms with van der Waals surface area (Å²) in [5.74, 6) is 0.508. The van der Waals surface area contributed by atoms with E-state index in [0.717, 1.165) is 16.7 Å². The van der Waals surface area contributed by atoms with Crippen LogP contribution in [-0.2, 0) is 16.6 Å². The molecule has 0 amide bonds. The van der Waals surface area contributed by atoms with E-state index >= 15 is 0 Å². The van der Waals surface area contributed by atoms with Crippen LogP contribution in [0.1, 0.15) is 5.56 Å². The molecule has 4 rings (SSSR count). The predicted octanol–water partition coefficient (Wildman–Crippen LogP) is 7.65. The minimum Gasteiger partial charge on any atom is -0.488 e. The number of rotatable bonds is 6. The molecule has 0 atom stereocenters. The van der Waals surface area contributed by atoms with Crippen LogP contribution >= 0.6 is 23.2 Å². The van der Waals surface area contributed by atoms with Gasteiger partial charge in [0.25, 0.3) is 0 Å². The van der Waals surface area contributed by atoms with Crippen LogP contribution in [0.3, 0.4) is 0 Å². The largest absolute Gasteiger partial charge is 0.516 e. The van der Waals surface area contributed by atoms with Gasteiger partial charge in [-0.25, -0.2) is 0 Å². The van der Waals surface area contributed by atoms with E-state index < -0.39 is 15.5 Å². The summed E-state index contributed by atoms with van der Waals surface area (Å²) in [6.07, 6.45) is 0. The molecule has 10 heteroatoms. The van der Waals surface area contributed by atoms with Gasteiger partial charge in [-0.3, -0.25) is 4.72 Å². The highest BCUT2D eigenvalue weighted by molar-refractivity contribution is 7.93. The minimum atomic E-state index is -5.50. The number of nitrogens with one attached hydrogen (secondary N) is 1. The van der Waals surface area contributed by atoms with Gasteiger partial charge in [0.05, 0.1) is 0 Å². The predicted molar refractivity (Wildman–Crippen MR) is 129 cm³/mol. The fourth-order valence-electron chi connectivity index (χ4n) is 3.33. The second-order valence-electron chi connectivity index (χ2n) is 7.39. The normalized spacial score (nSPS) is 12.0. The average molecular weight is 526 g/mol. The van der Waals surface area contributed by atoms with Crippen molar-refractivity contribution in [1.29, 1.82) is 0 Å². The van der Waals surface area contributed by atoms with Crippen molar-refractivity contribution in [1.82, 2.24) is 0 Å². The van der Waals surface area contributed by atoms with Crippen molar-refractivity contribution < 1.29 is 26.3 Å². The molecule has 0 aliphatic carbocycles. The third kappa shape index (κ3) is 5.41. The van der Waals surface area contributed by atoms with Crippen molar-refractivity contribution in [3.8, 4) is 16.9 Å². The molecular formula is C24H16Cl2F3NO3S. The zero-order chi connectivity index (χ0) is 24.5. The van der Waals surface area contributed by atoms with Gasteiger partial charge in [0.15, 0.2) is 0 Å². The Hall–Kier alpha value is -2.94. The van der Waals surface area contributed by atoms with E-state index in [1.165, 1.54) is 18.2 Å². The fraction of sp³-hybridized carbons (Fsp3) is 0.0833. The van der Waals surface area contributed by atoms with Gasteiger partial charge in [-0.2, -0.15) is 21.6 Å². The Labute approximate surface area is 203 Å². The fourth-order valence-corrected chi connectivity index (χ4v) is 4.41. The summed E-state index contributed by atoms with van der Waals surface area (Å²) in [5.41, 5.74) is -2.88. The van der Waals surface area contributed by atoms with Gasteiger partial charge in [0.1, 0.15) is 12.4 Å². The van der Waals surface area contributed by atoms with Crippen LogP contribution in [0, 0.1) is 0 Å². The number of alkyl halides is 3. The summed E-state index contributed by atoms with van der Waals surface area (Å²) >= 11 is 12.1. The van der Waals surface area contributed by atoms with Crippen molar-refractivity contribution in [3.05, 3.63) is 94.5 Å². The monoisotopic (exact) mass is 525 g/mol. The van der Waals surface area contributed by atoms with E-state index in [4.69, 9.17) is 27.9 Å². The molecule has 0 heterocycles. The number of hydrogen-bond acceptors (Lipinski definition) is 3. The van der Waals surface area contributed by atoms with Crippen molar-refractivity contribution in [2.75, 3.05) is 4.72 Å². The first-order valence-corrected chi connectivity index (χ1v) is 12.1. The molecule has 4 aromatic rings. The van der Waals surface area contributed by atoms with Gasteiger partial charge in [-0.15, -0.1) is 0 Å². The molecule has 0 saturated heterocycles. The lowest BCUT2D eigenvalue weighted by molar-refractivity contribution is -0.0429. The Morgan fingerprint density at radius 1 is 0.824 bits per heavy atom. The maximum atomic E-state index is 12.6. The molecule has 176 valence electrons. The van der Waals surface area contributed by atoms with Crippen LogP contribution in [0.5, 0.6) is 5.75 Å². The minimum absolute atomic E-state index is 0.196. The second kappa shape index (κ2) is 9.37. The molecular weight excluding hydrogens is 510 g/mol. The van der Waals surface area contributed by atoms with Crippen LogP contribution in [0.4, 0.5) is 18.9 Å². The molecule has 0 aromatic heterocycles. The Balaban J connectivity index is 1.50. The van der Waals surface area contributed by atoms with Gasteiger partial charge in [-0.05, 0) is 64.5 Å². The average Bonchev–Trinajstić information content (AvgIpc) is 2.76. The molecule has 0 spiro atoms. The Kier molecular flexibility index (Phi) is 6.66. The first-order chi connectivity index (χ1) is 16.0. The third-order valence-electron chi connectivity index (χ3n) is 4.94. The van der Waals surface area contributed by atoms with E-state index in [2.05, 4.69) is 0 Å². The molecule has 0 fully saturated rings. The van der Waals surface area contributed by atoms with Crippen molar-refractivity contribution in [3.63, 3.8) is 0 Å². The van der Waals surface area contributed by atoms with Crippen molar-refractivity contribution in [2.45, 2.75) is 12.1 Å². The quantitative estimate of drug-likeness (QED) is 0.281. The van der Waals surface area contributed by atoms with Crippen LogP contribution in [0.25, 0.3) is 21.9 Å². The van der Waals surface area contributed by atoms with E-state index in [1.807, 2.05) is 36.4 Å². The second-order valence-corrected chi connectivity index (χ2v) is 9.93. The first-order valence-electron chi connectivity index (χ1n) is 9.82. The van der Waals surface area contributed by atoms with Gasteiger partial charge in [0, 0.05) is 21.1 Å². The van der Waals surface area contributed by atoms with E-state index in [1.54, 1.807) is 29.0 Å². The van der Waals surface area contributed by atoms with Crippen LogP contribution < -0.4 is 9.46 Å². The molecule has 34 heavy (non-hydrogen) atoms. The SMILES string of the molecule is O=S(=O)(Nc1ccc2c(OCc3ccc(-c4cc(Cl)cc(Cl)c4)cc3)cccc2c1)C(F)(F)F. The van der Waals surface area contributed by atoms with Crippen LogP contribution in [0.15, 0.2) is 78.9 Å².